The minimum Gasteiger partial charge on any atom is -0.465 e. The van der Waals surface area contributed by atoms with Gasteiger partial charge in [0.1, 0.15) is 0 Å². The smallest absolute Gasteiger partial charge is 0.308 e. The third-order valence-electron chi connectivity index (χ3n) is 9.62. The van der Waals surface area contributed by atoms with Gasteiger partial charge in [0, 0.05) is 0 Å². The zero-order chi connectivity index (χ0) is 32.6. The molecule has 4 heteroatoms. The zero-order valence-corrected chi connectivity index (χ0v) is 30.9. The first kappa shape index (κ1) is 43.4. The van der Waals surface area contributed by atoms with E-state index in [1.807, 2.05) is 0 Å². The number of ether oxygens (including phenoxy) is 1. The lowest BCUT2D eigenvalue weighted by Gasteiger charge is -2.29. The minimum absolute atomic E-state index is 0.0592. The molecule has 0 fully saturated rings. The first-order chi connectivity index (χ1) is 21.5. The second-order valence-corrected chi connectivity index (χ2v) is 14.1. The van der Waals surface area contributed by atoms with Crippen molar-refractivity contribution in [1.82, 2.24) is 4.90 Å². The zero-order valence-electron chi connectivity index (χ0n) is 30.9. The van der Waals surface area contributed by atoms with Gasteiger partial charge in [-0.1, -0.05) is 150 Å². The Morgan fingerprint density at radius 2 is 0.932 bits per heavy atom. The number of unbranched alkanes of at least 4 members (excludes halogenated alkanes) is 16. The van der Waals surface area contributed by atoms with E-state index in [4.69, 9.17) is 4.74 Å². The van der Waals surface area contributed by atoms with Gasteiger partial charge in [-0.3, -0.25) is 4.79 Å². The maximum Gasteiger partial charge on any atom is 0.308 e. The number of nitrogens with zero attached hydrogens (tertiary/aromatic N) is 1. The van der Waals surface area contributed by atoms with Gasteiger partial charge in [-0.25, -0.2) is 0 Å². The highest BCUT2D eigenvalue weighted by atomic mass is 16.5. The summed E-state index contributed by atoms with van der Waals surface area (Å²) in [7, 11) is 0. The van der Waals surface area contributed by atoms with Gasteiger partial charge in [0.2, 0.25) is 0 Å². The second-order valence-electron chi connectivity index (χ2n) is 14.1. The molecule has 44 heavy (non-hydrogen) atoms. The molecular formula is C40H81NO3. The van der Waals surface area contributed by atoms with E-state index in [-0.39, 0.29) is 11.9 Å². The van der Waals surface area contributed by atoms with E-state index in [1.165, 1.54) is 116 Å². The van der Waals surface area contributed by atoms with Crippen LogP contribution in [0.25, 0.3) is 0 Å². The highest BCUT2D eigenvalue weighted by molar-refractivity contribution is 5.72. The molecule has 2 unspecified atom stereocenters. The predicted octanol–water partition coefficient (Wildman–Crippen LogP) is 12.2. The third-order valence-corrected chi connectivity index (χ3v) is 9.62. The Morgan fingerprint density at radius 1 is 0.523 bits per heavy atom. The normalized spacial score (nSPS) is 13.8. The molecule has 0 aromatic heterocycles. The van der Waals surface area contributed by atoms with E-state index < -0.39 is 5.60 Å². The maximum absolute atomic E-state index is 12.9. The molecule has 0 aliphatic rings. The molecule has 0 rings (SSSR count). The molecule has 0 amide bonds. The monoisotopic (exact) mass is 624 g/mol. The fourth-order valence-electron chi connectivity index (χ4n) is 6.76. The number of esters is 1. The van der Waals surface area contributed by atoms with Crippen molar-refractivity contribution in [2.24, 2.45) is 5.92 Å². The minimum atomic E-state index is -0.499. The quantitative estimate of drug-likeness (QED) is 0.0563. The number of carbonyl (C=O) groups excluding carboxylic acids is 1. The summed E-state index contributed by atoms with van der Waals surface area (Å²) in [6.45, 7) is 15.4. The van der Waals surface area contributed by atoms with Crippen LogP contribution in [0.1, 0.15) is 214 Å². The summed E-state index contributed by atoms with van der Waals surface area (Å²) in [5.41, 5.74) is -0.499. The summed E-state index contributed by atoms with van der Waals surface area (Å²) in [4.78, 5) is 15.5. The van der Waals surface area contributed by atoms with Crippen LogP contribution in [0.4, 0.5) is 0 Å². The molecule has 0 saturated carbocycles. The average Bonchev–Trinajstić information content (AvgIpc) is 3.01. The number of aliphatic hydroxyl groups is 1. The van der Waals surface area contributed by atoms with Crippen molar-refractivity contribution in [3.63, 3.8) is 0 Å². The standard InChI is InChI=1S/C40H81NO3/c1-6-11-14-17-18-23-30-38(29-22-16-13-8-3)39(42)44-37-28-21-20-25-32-40(43,31-24-19-15-12-7-2)33-26-27-36-41(34-9-4)35-10-5/h38,43H,6-37H2,1-5H3. The van der Waals surface area contributed by atoms with Crippen LogP contribution in [0.5, 0.6) is 0 Å². The Labute approximate surface area is 277 Å². The van der Waals surface area contributed by atoms with E-state index in [0.29, 0.717) is 6.61 Å². The van der Waals surface area contributed by atoms with E-state index >= 15 is 0 Å². The molecule has 0 heterocycles. The summed E-state index contributed by atoms with van der Waals surface area (Å²) in [6.07, 6.45) is 32.7. The van der Waals surface area contributed by atoms with Gasteiger partial charge in [-0.2, -0.15) is 0 Å². The first-order valence-electron chi connectivity index (χ1n) is 20.1. The molecule has 0 aliphatic carbocycles. The van der Waals surface area contributed by atoms with E-state index in [1.54, 1.807) is 0 Å². The number of hydrogen-bond donors (Lipinski definition) is 1. The van der Waals surface area contributed by atoms with E-state index in [2.05, 4.69) is 39.5 Å². The highest BCUT2D eigenvalue weighted by Gasteiger charge is 2.25. The molecule has 1 N–H and O–H groups in total. The van der Waals surface area contributed by atoms with Gasteiger partial charge in [-0.05, 0) is 83.8 Å². The van der Waals surface area contributed by atoms with Gasteiger partial charge in [-0.15, -0.1) is 0 Å². The summed E-state index contributed by atoms with van der Waals surface area (Å²) in [6, 6.07) is 0. The Balaban J connectivity index is 4.49. The molecule has 264 valence electrons. The van der Waals surface area contributed by atoms with Crippen molar-refractivity contribution in [2.75, 3.05) is 26.2 Å². The fourth-order valence-corrected chi connectivity index (χ4v) is 6.76. The lowest BCUT2D eigenvalue weighted by atomic mass is 9.85. The first-order valence-corrected chi connectivity index (χ1v) is 20.1. The van der Waals surface area contributed by atoms with Gasteiger partial charge in [0.05, 0.1) is 18.1 Å². The largest absolute Gasteiger partial charge is 0.465 e. The molecule has 0 bridgehead atoms. The summed E-state index contributed by atoms with van der Waals surface area (Å²) >= 11 is 0. The van der Waals surface area contributed by atoms with Crippen LogP contribution >= 0.6 is 0 Å². The predicted molar refractivity (Wildman–Crippen MR) is 193 cm³/mol. The van der Waals surface area contributed by atoms with Crippen LogP contribution in [-0.4, -0.2) is 47.8 Å². The molecule has 0 saturated heterocycles. The molecule has 0 aromatic rings. The SMILES string of the molecule is CCCCCCCCC(CCCCCC)C(=O)OCCCCCCC(O)(CCCCCCC)CCCCN(CCC)CCC. The molecule has 4 nitrogen and oxygen atoms in total. The van der Waals surface area contributed by atoms with Gasteiger partial charge >= 0.3 is 5.97 Å². The molecule has 0 spiro atoms. The van der Waals surface area contributed by atoms with Gasteiger partial charge < -0.3 is 14.7 Å². The third kappa shape index (κ3) is 26.6. The highest BCUT2D eigenvalue weighted by Crippen LogP contribution is 2.29. The summed E-state index contributed by atoms with van der Waals surface area (Å²) in [5, 5.41) is 11.6. The lowest BCUT2D eigenvalue weighted by Crippen LogP contribution is -2.30. The van der Waals surface area contributed by atoms with Crippen molar-refractivity contribution in [2.45, 2.75) is 220 Å². The number of carbonyl (C=O) groups is 1. The van der Waals surface area contributed by atoms with Crippen molar-refractivity contribution < 1.29 is 14.6 Å². The Kier molecular flexibility index (Phi) is 31.9. The van der Waals surface area contributed by atoms with E-state index in [9.17, 15) is 9.90 Å². The molecule has 0 radical (unpaired) electrons. The van der Waals surface area contributed by atoms with Crippen molar-refractivity contribution in [3.8, 4) is 0 Å². The Bertz CT molecular complexity index is 591. The summed E-state index contributed by atoms with van der Waals surface area (Å²) in [5.74, 6) is 0.158. The van der Waals surface area contributed by atoms with Gasteiger partial charge in [0.25, 0.3) is 0 Å². The van der Waals surface area contributed by atoms with Gasteiger partial charge in [0.15, 0.2) is 0 Å². The van der Waals surface area contributed by atoms with Crippen LogP contribution in [0.3, 0.4) is 0 Å². The van der Waals surface area contributed by atoms with E-state index in [0.717, 1.165) is 83.5 Å². The molecular weight excluding hydrogens is 542 g/mol. The van der Waals surface area contributed by atoms with Crippen LogP contribution in [-0.2, 0) is 9.53 Å². The van der Waals surface area contributed by atoms with Crippen molar-refractivity contribution >= 4 is 5.97 Å². The summed E-state index contributed by atoms with van der Waals surface area (Å²) < 4.78 is 5.82. The average molecular weight is 624 g/mol. The fraction of sp³-hybridized carbons (Fsp3) is 0.975. The van der Waals surface area contributed by atoms with Crippen LogP contribution < -0.4 is 0 Å². The van der Waals surface area contributed by atoms with Crippen molar-refractivity contribution in [3.05, 3.63) is 0 Å². The van der Waals surface area contributed by atoms with Crippen molar-refractivity contribution in [1.29, 1.82) is 0 Å². The number of rotatable bonds is 35. The topological polar surface area (TPSA) is 49.8 Å². The molecule has 0 aromatic carbocycles. The maximum atomic E-state index is 12.9. The lowest BCUT2D eigenvalue weighted by molar-refractivity contribution is -0.149. The Morgan fingerprint density at radius 3 is 1.43 bits per heavy atom. The van der Waals surface area contributed by atoms with Crippen LogP contribution in [0, 0.1) is 5.92 Å². The van der Waals surface area contributed by atoms with Crippen LogP contribution in [0.2, 0.25) is 0 Å². The second kappa shape index (κ2) is 32.3. The Hall–Kier alpha value is -0.610. The van der Waals surface area contributed by atoms with Crippen LogP contribution in [0.15, 0.2) is 0 Å². The molecule has 0 aliphatic heterocycles. The number of hydrogen-bond acceptors (Lipinski definition) is 4. The molecule has 2 atom stereocenters.